The minimum absolute atomic E-state index is 0.00161. The fraction of sp³-hybridized carbons (Fsp3) is 0.526. The maximum atomic E-state index is 13.6. The Bertz CT molecular complexity index is 865. The van der Waals surface area contributed by atoms with Crippen molar-refractivity contribution >= 4 is 23.1 Å². The van der Waals surface area contributed by atoms with Crippen molar-refractivity contribution in [1.29, 1.82) is 0 Å². The molecule has 1 atom stereocenters. The number of piperidine rings is 1. The standard InChI is InChI=1S/C19H23F3N6O/c1-11-9-28(10-11)16-8-14(13-2-3-15(23)25-17(13)19(20,21)22)24-18(26-16)27-6-4-12(29)5-7-27/h2-3,8,11,17,25H,4-7,9-10,23H2,1H3. The average molecular weight is 408 g/mol. The van der Waals surface area contributed by atoms with E-state index >= 15 is 0 Å². The van der Waals surface area contributed by atoms with Crippen molar-refractivity contribution in [3.8, 4) is 0 Å². The van der Waals surface area contributed by atoms with Crippen molar-refractivity contribution < 1.29 is 18.0 Å². The normalized spacial score (nSPS) is 23.3. The summed E-state index contributed by atoms with van der Waals surface area (Å²) in [5.41, 5.74) is 5.78. The van der Waals surface area contributed by atoms with E-state index in [1.807, 2.05) is 9.80 Å². The number of nitrogens with two attached hydrogens (primary N) is 1. The number of dihydropyridines is 1. The minimum Gasteiger partial charge on any atom is -0.386 e. The van der Waals surface area contributed by atoms with Gasteiger partial charge in [0.1, 0.15) is 11.6 Å². The highest BCUT2D eigenvalue weighted by Gasteiger charge is 2.44. The Balaban J connectivity index is 1.74. The van der Waals surface area contributed by atoms with Gasteiger partial charge in [0, 0.05) is 50.7 Å². The van der Waals surface area contributed by atoms with Crippen LogP contribution in [0.15, 0.2) is 24.0 Å². The van der Waals surface area contributed by atoms with Crippen LogP contribution in [-0.2, 0) is 4.79 Å². The maximum absolute atomic E-state index is 13.6. The minimum atomic E-state index is -4.53. The monoisotopic (exact) mass is 408 g/mol. The summed E-state index contributed by atoms with van der Waals surface area (Å²) >= 11 is 0. The van der Waals surface area contributed by atoms with Gasteiger partial charge in [-0.3, -0.25) is 4.79 Å². The van der Waals surface area contributed by atoms with Gasteiger partial charge in [-0.2, -0.15) is 18.2 Å². The van der Waals surface area contributed by atoms with Crippen LogP contribution in [-0.4, -0.2) is 54.1 Å². The predicted octanol–water partition coefficient (Wildman–Crippen LogP) is 1.82. The molecule has 4 heterocycles. The number of rotatable bonds is 3. The highest BCUT2D eigenvalue weighted by Crippen LogP contribution is 2.35. The highest BCUT2D eigenvalue weighted by atomic mass is 19.4. The largest absolute Gasteiger partial charge is 0.412 e. The molecule has 0 aliphatic carbocycles. The van der Waals surface area contributed by atoms with Gasteiger partial charge in [0.25, 0.3) is 0 Å². The molecule has 156 valence electrons. The van der Waals surface area contributed by atoms with Gasteiger partial charge in [-0.25, -0.2) is 4.98 Å². The SMILES string of the molecule is CC1CN(c2cc(C3=CC=C(N)NC3C(F)(F)F)nc(N3CCC(=O)CC3)n2)C1. The van der Waals surface area contributed by atoms with Gasteiger partial charge in [0.2, 0.25) is 5.95 Å². The van der Waals surface area contributed by atoms with E-state index in [9.17, 15) is 18.0 Å². The molecule has 3 aliphatic rings. The van der Waals surface area contributed by atoms with Crippen LogP contribution in [0.4, 0.5) is 24.9 Å². The van der Waals surface area contributed by atoms with Gasteiger partial charge in [-0.05, 0) is 12.0 Å². The lowest BCUT2D eigenvalue weighted by Crippen LogP contribution is -2.47. The number of carbonyl (C=O) groups excluding carboxylic acids is 1. The van der Waals surface area contributed by atoms with Crippen molar-refractivity contribution in [3.63, 3.8) is 0 Å². The van der Waals surface area contributed by atoms with Gasteiger partial charge < -0.3 is 20.9 Å². The van der Waals surface area contributed by atoms with Gasteiger partial charge in [0.05, 0.1) is 11.5 Å². The molecule has 10 heteroatoms. The molecule has 29 heavy (non-hydrogen) atoms. The molecule has 0 spiro atoms. The highest BCUT2D eigenvalue weighted by molar-refractivity contribution is 5.81. The number of allylic oxidation sites excluding steroid dienone is 2. The maximum Gasteiger partial charge on any atom is 0.412 e. The van der Waals surface area contributed by atoms with Crippen LogP contribution in [0, 0.1) is 5.92 Å². The van der Waals surface area contributed by atoms with E-state index in [1.54, 1.807) is 6.07 Å². The van der Waals surface area contributed by atoms with Crippen molar-refractivity contribution in [2.75, 3.05) is 36.0 Å². The second-order valence-electron chi connectivity index (χ2n) is 7.81. The van der Waals surface area contributed by atoms with Crippen LogP contribution in [0.25, 0.3) is 5.57 Å². The molecule has 7 nitrogen and oxygen atoms in total. The second-order valence-corrected chi connectivity index (χ2v) is 7.81. The van der Waals surface area contributed by atoms with E-state index in [0.717, 1.165) is 13.1 Å². The smallest absolute Gasteiger partial charge is 0.386 e. The number of ketones is 1. The van der Waals surface area contributed by atoms with Crippen molar-refractivity contribution in [2.45, 2.75) is 32.0 Å². The first-order valence-corrected chi connectivity index (χ1v) is 9.62. The predicted molar refractivity (Wildman–Crippen MR) is 103 cm³/mol. The average Bonchev–Trinajstić information content (AvgIpc) is 2.65. The van der Waals surface area contributed by atoms with Crippen molar-refractivity contribution in [2.24, 2.45) is 11.7 Å². The molecular formula is C19H23F3N6O. The number of aromatic nitrogens is 2. The summed E-state index contributed by atoms with van der Waals surface area (Å²) in [6.45, 7) is 4.62. The quantitative estimate of drug-likeness (QED) is 0.789. The summed E-state index contributed by atoms with van der Waals surface area (Å²) in [7, 11) is 0. The fourth-order valence-electron chi connectivity index (χ4n) is 3.78. The summed E-state index contributed by atoms with van der Waals surface area (Å²) in [5.74, 6) is 1.59. The number of hydrogen-bond acceptors (Lipinski definition) is 7. The zero-order chi connectivity index (χ0) is 20.8. The Labute approximate surface area is 166 Å². The van der Waals surface area contributed by atoms with Crippen molar-refractivity contribution in [3.05, 3.63) is 29.7 Å². The Morgan fingerprint density at radius 1 is 1.14 bits per heavy atom. The molecule has 4 rings (SSSR count). The summed E-state index contributed by atoms with van der Waals surface area (Å²) in [4.78, 5) is 24.5. The molecule has 1 aromatic heterocycles. The zero-order valence-electron chi connectivity index (χ0n) is 16.0. The summed E-state index contributed by atoms with van der Waals surface area (Å²) in [6, 6.07) is -0.340. The molecule has 0 saturated carbocycles. The number of nitrogens with zero attached hydrogens (tertiary/aromatic N) is 4. The first-order chi connectivity index (χ1) is 13.7. The van der Waals surface area contributed by atoms with E-state index in [0.29, 0.717) is 43.6 Å². The number of Topliss-reactive ketones (excluding diaryl/α,β-unsaturated/α-hetero) is 1. The molecule has 3 aliphatic heterocycles. The molecule has 1 aromatic rings. The third-order valence-corrected chi connectivity index (χ3v) is 5.38. The van der Waals surface area contributed by atoms with Crippen LogP contribution < -0.4 is 20.9 Å². The third kappa shape index (κ3) is 4.01. The summed E-state index contributed by atoms with van der Waals surface area (Å²) in [6.07, 6.45) is -0.988. The first kappa shape index (κ1) is 19.5. The number of anilines is 2. The van der Waals surface area contributed by atoms with Crippen LogP contribution in [0.3, 0.4) is 0 Å². The van der Waals surface area contributed by atoms with Crippen LogP contribution >= 0.6 is 0 Å². The lowest BCUT2D eigenvalue weighted by atomic mass is 9.98. The van der Waals surface area contributed by atoms with E-state index in [1.165, 1.54) is 12.2 Å². The van der Waals surface area contributed by atoms with Crippen molar-refractivity contribution in [1.82, 2.24) is 15.3 Å². The number of halogens is 3. The molecule has 0 aromatic carbocycles. The number of hydrogen-bond donors (Lipinski definition) is 2. The lowest BCUT2D eigenvalue weighted by Gasteiger charge is -2.39. The van der Waals surface area contributed by atoms with Crippen LogP contribution in [0.2, 0.25) is 0 Å². The first-order valence-electron chi connectivity index (χ1n) is 9.62. The Hall–Kier alpha value is -2.78. The topological polar surface area (TPSA) is 87.4 Å². The molecule has 0 bridgehead atoms. The zero-order valence-corrected chi connectivity index (χ0v) is 16.0. The third-order valence-electron chi connectivity index (χ3n) is 5.38. The molecule has 3 N–H and O–H groups in total. The Kier molecular flexibility index (Phi) is 4.87. The Morgan fingerprint density at radius 2 is 1.83 bits per heavy atom. The number of carbonyl (C=O) groups is 1. The molecule has 0 radical (unpaired) electrons. The van der Waals surface area contributed by atoms with Crippen LogP contribution in [0.5, 0.6) is 0 Å². The van der Waals surface area contributed by atoms with Gasteiger partial charge in [-0.15, -0.1) is 0 Å². The Morgan fingerprint density at radius 3 is 2.45 bits per heavy atom. The van der Waals surface area contributed by atoms with E-state index in [-0.39, 0.29) is 22.9 Å². The number of alkyl halides is 3. The summed E-state index contributed by atoms with van der Waals surface area (Å²) < 4.78 is 40.9. The lowest BCUT2D eigenvalue weighted by molar-refractivity contribution is -0.140. The van der Waals surface area contributed by atoms with E-state index in [2.05, 4.69) is 22.2 Å². The fourth-order valence-corrected chi connectivity index (χ4v) is 3.78. The van der Waals surface area contributed by atoms with E-state index in [4.69, 9.17) is 5.73 Å². The molecule has 2 fully saturated rings. The number of nitrogens with one attached hydrogen (secondary N) is 1. The van der Waals surface area contributed by atoms with Gasteiger partial charge in [0.15, 0.2) is 6.04 Å². The molecular weight excluding hydrogens is 385 g/mol. The van der Waals surface area contributed by atoms with Gasteiger partial charge in [-0.1, -0.05) is 13.0 Å². The summed E-state index contributed by atoms with van der Waals surface area (Å²) in [5, 5.41) is 2.31. The molecule has 2 saturated heterocycles. The molecule has 0 amide bonds. The second kappa shape index (κ2) is 7.23. The van der Waals surface area contributed by atoms with Gasteiger partial charge >= 0.3 is 6.18 Å². The molecule has 1 unspecified atom stereocenters. The van der Waals surface area contributed by atoms with E-state index < -0.39 is 12.2 Å². The van der Waals surface area contributed by atoms with Crippen LogP contribution in [0.1, 0.15) is 25.5 Å².